The predicted molar refractivity (Wildman–Crippen MR) is 113 cm³/mol. The molecule has 0 aliphatic carbocycles. The van der Waals surface area contributed by atoms with E-state index in [4.69, 9.17) is 28.4 Å². The van der Waals surface area contributed by atoms with E-state index in [1.54, 1.807) is 0 Å². The molecule has 186 valence electrons. The van der Waals surface area contributed by atoms with Crippen molar-refractivity contribution >= 4 is 30.1 Å². The van der Waals surface area contributed by atoms with Crippen LogP contribution in [0.5, 0.6) is 11.5 Å². The van der Waals surface area contributed by atoms with E-state index in [9.17, 15) is 24.0 Å². The van der Waals surface area contributed by atoms with E-state index in [1.165, 1.54) is 39.2 Å². The molecule has 0 unspecified atom stereocenters. The number of esters is 3. The highest BCUT2D eigenvalue weighted by molar-refractivity contribution is 5.76. The van der Waals surface area contributed by atoms with Crippen LogP contribution in [0.25, 0.3) is 0 Å². The molecule has 34 heavy (non-hydrogen) atoms. The summed E-state index contributed by atoms with van der Waals surface area (Å²) in [5, 5.41) is 2.59. The van der Waals surface area contributed by atoms with Crippen LogP contribution in [0.15, 0.2) is 18.2 Å². The van der Waals surface area contributed by atoms with Gasteiger partial charge in [-0.3, -0.25) is 24.0 Å². The van der Waals surface area contributed by atoms with E-state index in [-0.39, 0.29) is 18.1 Å². The maximum absolute atomic E-state index is 12.0. The molecule has 1 heterocycles. The van der Waals surface area contributed by atoms with E-state index < -0.39 is 54.5 Å². The number of hydrogen-bond acceptors (Lipinski definition) is 11. The molecule has 1 aliphatic heterocycles. The molecule has 1 aromatic rings. The molecule has 1 fully saturated rings. The minimum absolute atomic E-state index is 0.146. The summed E-state index contributed by atoms with van der Waals surface area (Å²) in [6.07, 6.45) is -4.30. The number of rotatable bonds is 9. The van der Waals surface area contributed by atoms with E-state index in [0.717, 1.165) is 13.8 Å². The lowest BCUT2D eigenvalue weighted by Crippen LogP contribution is -2.67. The third-order valence-corrected chi connectivity index (χ3v) is 4.64. The molecule has 1 aliphatic rings. The molecule has 5 atom stereocenters. The smallest absolute Gasteiger partial charge is 0.303 e. The molecule has 1 amide bonds. The van der Waals surface area contributed by atoms with Crippen molar-refractivity contribution < 1.29 is 52.4 Å². The summed E-state index contributed by atoms with van der Waals surface area (Å²) >= 11 is 0. The average molecular weight is 481 g/mol. The highest BCUT2D eigenvalue weighted by Crippen LogP contribution is 2.33. The lowest BCUT2D eigenvalue weighted by molar-refractivity contribution is -0.257. The number of nitrogens with one attached hydrogen (secondary N) is 1. The topological polar surface area (TPSA) is 153 Å². The standard InChI is InChI=1S/C22H27NO11/c1-11(25)23-19-21(32-14(4)28)20(31-13(3)27)18(10-30-12(2)26)34-22(19)33-16-7-6-15(9-24)8-17(16)29-5/h6-9,18-22H,10H2,1-5H3,(H,23,25)/t18-,19+,20+,21-,22-/m1/s1. The number of aldehydes is 1. The first-order valence-electron chi connectivity index (χ1n) is 10.3. The molecular formula is C22H27NO11. The van der Waals surface area contributed by atoms with Crippen molar-refractivity contribution in [2.24, 2.45) is 0 Å². The monoisotopic (exact) mass is 481 g/mol. The molecule has 0 spiro atoms. The number of hydrogen-bond donors (Lipinski definition) is 1. The van der Waals surface area contributed by atoms with Crippen LogP contribution in [0, 0.1) is 0 Å². The van der Waals surface area contributed by atoms with Gasteiger partial charge in [-0.2, -0.15) is 0 Å². The molecule has 12 heteroatoms. The Morgan fingerprint density at radius 3 is 2.15 bits per heavy atom. The Kier molecular flexibility index (Phi) is 9.36. The summed E-state index contributed by atoms with van der Waals surface area (Å²) in [6, 6.07) is 3.22. The minimum atomic E-state index is -1.31. The second-order valence-electron chi connectivity index (χ2n) is 7.37. The first-order chi connectivity index (χ1) is 16.0. The zero-order valence-corrected chi connectivity index (χ0v) is 19.4. The van der Waals surface area contributed by atoms with Gasteiger partial charge in [-0.25, -0.2) is 0 Å². The van der Waals surface area contributed by atoms with Crippen LogP contribution in [0.2, 0.25) is 0 Å². The number of carbonyl (C=O) groups excluding carboxylic acids is 5. The molecule has 1 N–H and O–H groups in total. The lowest BCUT2D eigenvalue weighted by atomic mass is 9.96. The van der Waals surface area contributed by atoms with Gasteiger partial charge in [-0.05, 0) is 18.2 Å². The molecule has 1 aromatic carbocycles. The van der Waals surface area contributed by atoms with Gasteiger partial charge in [-0.1, -0.05) is 0 Å². The molecule has 1 saturated heterocycles. The summed E-state index contributed by atoms with van der Waals surface area (Å²) in [6.45, 7) is 4.33. The van der Waals surface area contributed by atoms with Gasteiger partial charge in [0.05, 0.1) is 7.11 Å². The van der Waals surface area contributed by atoms with Gasteiger partial charge in [0.1, 0.15) is 25.0 Å². The zero-order valence-electron chi connectivity index (χ0n) is 19.4. The summed E-state index contributed by atoms with van der Waals surface area (Å²) < 4.78 is 32.9. The fraction of sp³-hybridized carbons (Fsp3) is 0.500. The van der Waals surface area contributed by atoms with Crippen molar-refractivity contribution in [3.8, 4) is 11.5 Å². The number of methoxy groups -OCH3 is 1. The third-order valence-electron chi connectivity index (χ3n) is 4.64. The van der Waals surface area contributed by atoms with Crippen LogP contribution in [0.3, 0.4) is 0 Å². The second kappa shape index (κ2) is 12.0. The molecular weight excluding hydrogens is 454 g/mol. The lowest BCUT2D eigenvalue weighted by Gasteiger charge is -2.44. The van der Waals surface area contributed by atoms with E-state index in [0.29, 0.717) is 11.8 Å². The average Bonchev–Trinajstić information content (AvgIpc) is 2.75. The molecule has 0 bridgehead atoms. The SMILES string of the molecule is COc1cc(C=O)ccc1O[C@@H]1O[C@H](COC(C)=O)[C@H](OC(C)=O)[C@H](OC(C)=O)[C@@H]1NC(C)=O. The normalized spacial score (nSPS) is 23.7. The molecule has 0 saturated carbocycles. The van der Waals surface area contributed by atoms with Crippen LogP contribution in [0.1, 0.15) is 38.1 Å². The van der Waals surface area contributed by atoms with Gasteiger partial charge in [0.15, 0.2) is 23.7 Å². The Morgan fingerprint density at radius 1 is 0.971 bits per heavy atom. The minimum Gasteiger partial charge on any atom is -0.493 e. The molecule has 0 radical (unpaired) electrons. The first kappa shape index (κ1) is 26.6. The summed E-state index contributed by atoms with van der Waals surface area (Å²) in [5.74, 6) is -2.24. The molecule has 12 nitrogen and oxygen atoms in total. The Morgan fingerprint density at radius 2 is 1.62 bits per heavy atom. The van der Waals surface area contributed by atoms with E-state index in [2.05, 4.69) is 5.32 Å². The highest BCUT2D eigenvalue weighted by atomic mass is 16.7. The Hall–Kier alpha value is -3.67. The van der Waals surface area contributed by atoms with Crippen LogP contribution in [0.4, 0.5) is 0 Å². The first-order valence-corrected chi connectivity index (χ1v) is 10.3. The van der Waals surface area contributed by atoms with E-state index in [1.807, 2.05) is 0 Å². The summed E-state index contributed by atoms with van der Waals surface area (Å²) in [7, 11) is 1.37. The Bertz CT molecular complexity index is 931. The molecule has 2 rings (SSSR count). The van der Waals surface area contributed by atoms with Gasteiger partial charge in [0, 0.05) is 33.3 Å². The van der Waals surface area contributed by atoms with Gasteiger partial charge in [0.2, 0.25) is 12.2 Å². The number of amides is 1. The second-order valence-corrected chi connectivity index (χ2v) is 7.37. The van der Waals surface area contributed by atoms with Crippen LogP contribution in [-0.4, -0.2) is 74.5 Å². The van der Waals surface area contributed by atoms with Crippen LogP contribution in [-0.2, 0) is 38.1 Å². The number of benzene rings is 1. The van der Waals surface area contributed by atoms with Crippen molar-refractivity contribution in [3.63, 3.8) is 0 Å². The predicted octanol–water partition coefficient (Wildman–Crippen LogP) is 0.543. The van der Waals surface area contributed by atoms with Gasteiger partial charge >= 0.3 is 17.9 Å². The summed E-state index contributed by atoms with van der Waals surface area (Å²) in [5.41, 5.74) is 0.326. The maximum Gasteiger partial charge on any atom is 0.303 e. The van der Waals surface area contributed by atoms with Crippen molar-refractivity contribution in [2.75, 3.05) is 13.7 Å². The van der Waals surface area contributed by atoms with Crippen molar-refractivity contribution in [2.45, 2.75) is 58.3 Å². The van der Waals surface area contributed by atoms with Crippen molar-refractivity contribution in [3.05, 3.63) is 23.8 Å². The maximum atomic E-state index is 12.0. The number of ether oxygens (including phenoxy) is 6. The van der Waals surface area contributed by atoms with Gasteiger partial charge in [-0.15, -0.1) is 0 Å². The quantitative estimate of drug-likeness (QED) is 0.299. The largest absolute Gasteiger partial charge is 0.493 e. The van der Waals surface area contributed by atoms with E-state index >= 15 is 0 Å². The molecule has 0 aromatic heterocycles. The third kappa shape index (κ3) is 7.17. The Balaban J connectivity index is 2.51. The van der Waals surface area contributed by atoms with Gasteiger partial charge in [0.25, 0.3) is 0 Å². The fourth-order valence-electron chi connectivity index (χ4n) is 3.37. The zero-order chi connectivity index (χ0) is 25.4. The summed E-state index contributed by atoms with van der Waals surface area (Å²) in [4.78, 5) is 58.1. The van der Waals surface area contributed by atoms with Crippen molar-refractivity contribution in [1.29, 1.82) is 0 Å². The Labute approximate surface area is 195 Å². The van der Waals surface area contributed by atoms with Crippen LogP contribution < -0.4 is 14.8 Å². The van der Waals surface area contributed by atoms with Gasteiger partial charge < -0.3 is 33.7 Å². The number of carbonyl (C=O) groups is 5. The fourth-order valence-corrected chi connectivity index (χ4v) is 3.37. The van der Waals surface area contributed by atoms with Crippen LogP contribution >= 0.6 is 0 Å². The van der Waals surface area contributed by atoms with Crippen molar-refractivity contribution in [1.82, 2.24) is 5.32 Å². The highest BCUT2D eigenvalue weighted by Gasteiger charge is 2.52.